The number of aromatic nitrogens is 1. The van der Waals surface area contributed by atoms with E-state index in [1.807, 2.05) is 0 Å². The molecule has 0 aliphatic rings. The molecule has 0 aliphatic heterocycles. The number of rotatable bonds is 4. The molecule has 0 saturated carbocycles. The minimum atomic E-state index is -0.731. The van der Waals surface area contributed by atoms with E-state index in [9.17, 15) is 9.59 Å². The van der Waals surface area contributed by atoms with Crippen LogP contribution in [-0.2, 0) is 4.79 Å². The molecular weight excluding hydrogens is 256 g/mol. The highest BCUT2D eigenvalue weighted by Gasteiger charge is 2.23. The monoisotopic (exact) mass is 274 g/mol. The first kappa shape index (κ1) is 15.7. The molecule has 20 heavy (non-hydrogen) atoms. The fourth-order valence-corrected chi connectivity index (χ4v) is 1.62. The summed E-state index contributed by atoms with van der Waals surface area (Å²) in [5.74, 6) is 4.35. The number of amides is 2. The van der Waals surface area contributed by atoms with Gasteiger partial charge in [0.2, 0.25) is 5.91 Å². The zero-order chi connectivity index (χ0) is 15.1. The van der Waals surface area contributed by atoms with Crippen LogP contribution in [0.3, 0.4) is 0 Å². The number of nitrogens with two attached hydrogens (primary N) is 2. The van der Waals surface area contributed by atoms with Crippen LogP contribution < -0.4 is 16.8 Å². The van der Waals surface area contributed by atoms with Gasteiger partial charge in [-0.1, -0.05) is 25.7 Å². The molecule has 5 N–H and O–H groups in total. The average Bonchev–Trinajstić information content (AvgIpc) is 2.41. The molecule has 1 aromatic heterocycles. The number of nitrogens with zero attached hydrogens (tertiary/aromatic N) is 1. The van der Waals surface area contributed by atoms with Crippen molar-refractivity contribution in [2.75, 3.05) is 6.54 Å². The topological polar surface area (TPSA) is 111 Å². The number of primary amides is 1. The predicted molar refractivity (Wildman–Crippen MR) is 75.5 cm³/mol. The van der Waals surface area contributed by atoms with E-state index in [0.717, 1.165) is 0 Å². The molecule has 1 aromatic rings. The maximum Gasteiger partial charge on any atom is 0.253 e. The Morgan fingerprint density at radius 3 is 2.70 bits per heavy atom. The molecule has 0 radical (unpaired) electrons. The van der Waals surface area contributed by atoms with Gasteiger partial charge >= 0.3 is 0 Å². The van der Waals surface area contributed by atoms with Gasteiger partial charge in [-0.15, -0.1) is 0 Å². The van der Waals surface area contributed by atoms with Gasteiger partial charge in [-0.3, -0.25) is 14.6 Å². The van der Waals surface area contributed by atoms with Gasteiger partial charge in [0.15, 0.2) is 0 Å². The molecule has 1 rings (SSSR count). The summed E-state index contributed by atoms with van der Waals surface area (Å²) in [6.45, 7) is 3.79. The van der Waals surface area contributed by atoms with Crippen molar-refractivity contribution in [2.45, 2.75) is 19.9 Å². The third-order valence-corrected chi connectivity index (χ3v) is 2.65. The SMILES string of the molecule is CC(C)C(NC(=O)c1ccncc1C#CCN)C(N)=O. The van der Waals surface area contributed by atoms with Crippen molar-refractivity contribution in [3.8, 4) is 11.8 Å². The lowest BCUT2D eigenvalue weighted by molar-refractivity contribution is -0.120. The Labute approximate surface area is 117 Å². The quantitative estimate of drug-likeness (QED) is 0.650. The molecule has 6 heteroatoms. The minimum absolute atomic E-state index is 0.100. The molecule has 0 aliphatic carbocycles. The van der Waals surface area contributed by atoms with Crippen LogP contribution in [0.15, 0.2) is 18.5 Å². The first-order valence-corrected chi connectivity index (χ1v) is 6.20. The maximum atomic E-state index is 12.2. The largest absolute Gasteiger partial charge is 0.368 e. The average molecular weight is 274 g/mol. The maximum absolute atomic E-state index is 12.2. The standard InChI is InChI=1S/C14H18N4O2/c1-9(2)12(13(16)19)18-14(20)11-5-7-17-8-10(11)4-3-6-15/h5,7-9,12H,6,15H2,1-2H3,(H2,16,19)(H,18,20). The first-order valence-electron chi connectivity index (χ1n) is 6.20. The summed E-state index contributed by atoms with van der Waals surface area (Å²) in [6, 6.07) is 0.805. The Bertz CT molecular complexity index is 558. The molecule has 0 bridgehead atoms. The van der Waals surface area contributed by atoms with Crippen LogP contribution >= 0.6 is 0 Å². The Kier molecular flexibility index (Phi) is 5.69. The van der Waals surface area contributed by atoms with Crippen LogP contribution in [0.1, 0.15) is 29.8 Å². The Morgan fingerprint density at radius 1 is 1.45 bits per heavy atom. The van der Waals surface area contributed by atoms with E-state index >= 15 is 0 Å². The second-order valence-electron chi connectivity index (χ2n) is 4.52. The summed E-state index contributed by atoms with van der Waals surface area (Å²) >= 11 is 0. The second kappa shape index (κ2) is 7.26. The molecule has 1 atom stereocenters. The van der Waals surface area contributed by atoms with Gasteiger partial charge in [-0.2, -0.15) is 0 Å². The smallest absolute Gasteiger partial charge is 0.253 e. The fourth-order valence-electron chi connectivity index (χ4n) is 1.62. The highest BCUT2D eigenvalue weighted by atomic mass is 16.2. The van der Waals surface area contributed by atoms with Crippen molar-refractivity contribution in [3.63, 3.8) is 0 Å². The summed E-state index contributed by atoms with van der Waals surface area (Å²) in [4.78, 5) is 27.4. The van der Waals surface area contributed by atoms with Crippen LogP contribution in [-0.4, -0.2) is 29.4 Å². The Morgan fingerprint density at radius 2 is 2.15 bits per heavy atom. The lowest BCUT2D eigenvalue weighted by Gasteiger charge is -2.19. The van der Waals surface area contributed by atoms with E-state index in [1.54, 1.807) is 13.8 Å². The van der Waals surface area contributed by atoms with Crippen LogP contribution in [0.5, 0.6) is 0 Å². The Balaban J connectivity index is 3.00. The molecule has 0 fully saturated rings. The zero-order valence-corrected chi connectivity index (χ0v) is 11.5. The van der Waals surface area contributed by atoms with Gasteiger partial charge in [0.05, 0.1) is 17.7 Å². The van der Waals surface area contributed by atoms with E-state index in [1.165, 1.54) is 18.5 Å². The fraction of sp³-hybridized carbons (Fsp3) is 0.357. The zero-order valence-electron chi connectivity index (χ0n) is 11.5. The van der Waals surface area contributed by atoms with Gasteiger partial charge in [-0.25, -0.2) is 0 Å². The van der Waals surface area contributed by atoms with Crippen LogP contribution in [0.4, 0.5) is 0 Å². The van der Waals surface area contributed by atoms with E-state index in [2.05, 4.69) is 22.1 Å². The number of pyridine rings is 1. The molecule has 0 spiro atoms. The van der Waals surface area contributed by atoms with Gasteiger partial charge in [0.25, 0.3) is 5.91 Å². The van der Waals surface area contributed by atoms with E-state index in [4.69, 9.17) is 11.5 Å². The van der Waals surface area contributed by atoms with Gasteiger partial charge < -0.3 is 16.8 Å². The number of carbonyl (C=O) groups excluding carboxylic acids is 2. The number of carbonyl (C=O) groups is 2. The van der Waals surface area contributed by atoms with E-state index in [-0.39, 0.29) is 12.5 Å². The van der Waals surface area contributed by atoms with Gasteiger partial charge in [-0.05, 0) is 12.0 Å². The summed E-state index contributed by atoms with van der Waals surface area (Å²) in [5, 5.41) is 2.61. The molecule has 1 unspecified atom stereocenters. The van der Waals surface area contributed by atoms with Crippen molar-refractivity contribution >= 4 is 11.8 Å². The summed E-state index contributed by atoms with van der Waals surface area (Å²) < 4.78 is 0. The Hall–Kier alpha value is -2.39. The number of nitrogens with one attached hydrogen (secondary N) is 1. The first-order chi connectivity index (χ1) is 9.47. The van der Waals surface area contributed by atoms with Crippen molar-refractivity contribution in [1.82, 2.24) is 10.3 Å². The van der Waals surface area contributed by atoms with Crippen molar-refractivity contribution < 1.29 is 9.59 Å². The van der Waals surface area contributed by atoms with Crippen LogP contribution in [0, 0.1) is 17.8 Å². The second-order valence-corrected chi connectivity index (χ2v) is 4.52. The van der Waals surface area contributed by atoms with E-state index in [0.29, 0.717) is 11.1 Å². The van der Waals surface area contributed by atoms with Crippen molar-refractivity contribution in [3.05, 3.63) is 29.6 Å². The van der Waals surface area contributed by atoms with Gasteiger partial charge in [0, 0.05) is 12.4 Å². The summed E-state index contributed by atoms with van der Waals surface area (Å²) in [6.07, 6.45) is 2.96. The molecule has 6 nitrogen and oxygen atoms in total. The third-order valence-electron chi connectivity index (χ3n) is 2.65. The van der Waals surface area contributed by atoms with Crippen LogP contribution in [0.2, 0.25) is 0 Å². The highest BCUT2D eigenvalue weighted by Crippen LogP contribution is 2.08. The predicted octanol–water partition coefficient (Wildman–Crippen LogP) is -0.368. The molecule has 1 heterocycles. The molecular formula is C14H18N4O2. The minimum Gasteiger partial charge on any atom is -0.368 e. The summed E-state index contributed by atoms with van der Waals surface area (Å²) in [7, 11) is 0. The molecule has 106 valence electrons. The summed E-state index contributed by atoms with van der Waals surface area (Å²) in [5.41, 5.74) is 11.4. The van der Waals surface area contributed by atoms with Crippen LogP contribution in [0.25, 0.3) is 0 Å². The molecule has 0 aromatic carbocycles. The lowest BCUT2D eigenvalue weighted by atomic mass is 10.0. The number of hydrogen-bond acceptors (Lipinski definition) is 4. The van der Waals surface area contributed by atoms with Crippen molar-refractivity contribution in [2.24, 2.45) is 17.4 Å². The van der Waals surface area contributed by atoms with E-state index < -0.39 is 17.9 Å². The molecule has 0 saturated heterocycles. The normalized spacial score (nSPS) is 11.4. The highest BCUT2D eigenvalue weighted by molar-refractivity contribution is 5.99. The number of hydrogen-bond donors (Lipinski definition) is 3. The molecule has 2 amide bonds. The van der Waals surface area contributed by atoms with Crippen molar-refractivity contribution in [1.29, 1.82) is 0 Å². The van der Waals surface area contributed by atoms with Gasteiger partial charge in [0.1, 0.15) is 6.04 Å². The third kappa shape index (κ3) is 4.07. The lowest BCUT2D eigenvalue weighted by Crippen LogP contribution is -2.47.